The predicted molar refractivity (Wildman–Crippen MR) is 41.6 cm³/mol. The summed E-state index contributed by atoms with van der Waals surface area (Å²) in [7, 11) is -1.08. The van der Waals surface area contributed by atoms with E-state index >= 15 is 0 Å². The number of rotatable bonds is 1. The van der Waals surface area contributed by atoms with Crippen LogP contribution in [0.4, 0.5) is 0 Å². The first kappa shape index (κ1) is 8.09. The van der Waals surface area contributed by atoms with Gasteiger partial charge in [0.1, 0.15) is 0 Å². The lowest BCUT2D eigenvalue weighted by Crippen LogP contribution is -2.24. The van der Waals surface area contributed by atoms with Gasteiger partial charge < -0.3 is 10.0 Å². The summed E-state index contributed by atoms with van der Waals surface area (Å²) >= 11 is 0. The van der Waals surface area contributed by atoms with Crippen LogP contribution < -0.4 is 0 Å². The summed E-state index contributed by atoms with van der Waals surface area (Å²) in [6, 6.07) is 0. The second-order valence-corrected chi connectivity index (χ2v) is 3.43. The smallest absolute Gasteiger partial charge is 0.427 e. The van der Waals surface area contributed by atoms with Crippen LogP contribution in [-0.4, -0.2) is 17.2 Å². The fraction of sp³-hybridized carbons (Fsp3) is 1.00. The summed E-state index contributed by atoms with van der Waals surface area (Å²) < 4.78 is 0. The molecule has 1 fully saturated rings. The molecule has 0 unspecified atom stereocenters. The molecule has 1 aliphatic carbocycles. The molecular weight excluding hydrogens is 127 g/mol. The molecule has 1 rings (SSSR count). The number of hydrogen-bond acceptors (Lipinski definition) is 2. The molecule has 0 radical (unpaired) electrons. The molecule has 0 aromatic rings. The lowest BCUT2D eigenvalue weighted by atomic mass is 9.63. The third-order valence-electron chi connectivity index (χ3n) is 2.48. The third-order valence-corrected chi connectivity index (χ3v) is 2.48. The van der Waals surface area contributed by atoms with Gasteiger partial charge in [-0.05, 0) is 11.7 Å². The Kier molecular flexibility index (Phi) is 2.75. The summed E-state index contributed by atoms with van der Waals surface area (Å²) in [6.07, 6.45) is 4.28. The van der Waals surface area contributed by atoms with Crippen LogP contribution in [0.15, 0.2) is 0 Å². The van der Waals surface area contributed by atoms with E-state index in [9.17, 15) is 0 Å². The van der Waals surface area contributed by atoms with Crippen molar-refractivity contribution in [2.24, 2.45) is 5.92 Å². The van der Waals surface area contributed by atoms with Crippen molar-refractivity contribution in [1.29, 1.82) is 0 Å². The molecule has 0 saturated heterocycles. The highest BCUT2D eigenvalue weighted by Crippen LogP contribution is 2.32. The zero-order chi connectivity index (χ0) is 7.56. The van der Waals surface area contributed by atoms with E-state index in [4.69, 9.17) is 10.0 Å². The lowest BCUT2D eigenvalue weighted by molar-refractivity contribution is 0.317. The highest BCUT2D eigenvalue weighted by atomic mass is 16.4. The molecule has 0 atom stereocenters. The minimum absolute atomic E-state index is 0.149. The van der Waals surface area contributed by atoms with E-state index in [2.05, 4.69) is 6.92 Å². The molecule has 2 N–H and O–H groups in total. The average molecular weight is 142 g/mol. The van der Waals surface area contributed by atoms with Crippen molar-refractivity contribution >= 4 is 7.12 Å². The van der Waals surface area contributed by atoms with Crippen LogP contribution in [0.1, 0.15) is 32.6 Å². The Bertz CT molecular complexity index is 97.8. The van der Waals surface area contributed by atoms with Gasteiger partial charge >= 0.3 is 7.12 Å². The standard InChI is InChI=1S/C7H15BO2/c1-6-2-4-7(5-3-6)8(9)10/h6-7,9-10H,2-5H2,1H3. The van der Waals surface area contributed by atoms with Gasteiger partial charge in [-0.25, -0.2) is 0 Å². The van der Waals surface area contributed by atoms with E-state index in [0.29, 0.717) is 0 Å². The van der Waals surface area contributed by atoms with Crippen molar-refractivity contribution in [2.45, 2.75) is 38.4 Å². The van der Waals surface area contributed by atoms with Crippen molar-refractivity contribution in [2.75, 3.05) is 0 Å². The zero-order valence-electron chi connectivity index (χ0n) is 6.45. The van der Waals surface area contributed by atoms with Crippen molar-refractivity contribution in [1.82, 2.24) is 0 Å². The summed E-state index contributed by atoms with van der Waals surface area (Å²) in [5, 5.41) is 17.6. The average Bonchev–Trinajstić information content (AvgIpc) is 1.88. The first-order valence-corrected chi connectivity index (χ1v) is 4.06. The fourth-order valence-electron chi connectivity index (χ4n) is 1.58. The maximum absolute atomic E-state index is 8.82. The van der Waals surface area contributed by atoms with Gasteiger partial charge in [0, 0.05) is 0 Å². The van der Waals surface area contributed by atoms with Crippen LogP contribution in [0, 0.1) is 5.92 Å². The molecule has 2 nitrogen and oxygen atoms in total. The predicted octanol–water partition coefficient (Wildman–Crippen LogP) is 1.04. The minimum atomic E-state index is -1.08. The molecule has 0 spiro atoms. The largest absolute Gasteiger partial charge is 0.454 e. The molecular formula is C7H15BO2. The molecule has 0 aliphatic heterocycles. The van der Waals surface area contributed by atoms with Crippen LogP contribution in [0.2, 0.25) is 5.82 Å². The SMILES string of the molecule is CC1CCC(B(O)O)CC1. The van der Waals surface area contributed by atoms with Gasteiger partial charge in [-0.2, -0.15) is 0 Å². The van der Waals surface area contributed by atoms with E-state index < -0.39 is 7.12 Å². The Hall–Kier alpha value is -0.0151. The van der Waals surface area contributed by atoms with E-state index in [1.165, 1.54) is 0 Å². The van der Waals surface area contributed by atoms with Gasteiger partial charge in [0.15, 0.2) is 0 Å². The topological polar surface area (TPSA) is 40.5 Å². The van der Waals surface area contributed by atoms with Gasteiger partial charge in [0.25, 0.3) is 0 Å². The molecule has 10 heavy (non-hydrogen) atoms. The second-order valence-electron chi connectivity index (χ2n) is 3.43. The van der Waals surface area contributed by atoms with Crippen LogP contribution >= 0.6 is 0 Å². The van der Waals surface area contributed by atoms with E-state index in [1.807, 2.05) is 0 Å². The van der Waals surface area contributed by atoms with Gasteiger partial charge in [0.2, 0.25) is 0 Å². The Balaban J connectivity index is 2.26. The summed E-state index contributed by atoms with van der Waals surface area (Å²) in [4.78, 5) is 0. The molecule has 0 amide bonds. The van der Waals surface area contributed by atoms with Gasteiger partial charge in [-0.3, -0.25) is 0 Å². The van der Waals surface area contributed by atoms with E-state index in [1.54, 1.807) is 0 Å². The third kappa shape index (κ3) is 1.99. The second kappa shape index (κ2) is 3.40. The first-order chi connectivity index (χ1) is 4.70. The van der Waals surface area contributed by atoms with Gasteiger partial charge in [0.05, 0.1) is 0 Å². The van der Waals surface area contributed by atoms with Gasteiger partial charge in [-0.1, -0.05) is 32.6 Å². The summed E-state index contributed by atoms with van der Waals surface area (Å²) in [5.41, 5.74) is 0. The van der Waals surface area contributed by atoms with Crippen LogP contribution in [-0.2, 0) is 0 Å². The number of hydrogen-bond donors (Lipinski definition) is 2. The maximum atomic E-state index is 8.82. The summed E-state index contributed by atoms with van der Waals surface area (Å²) in [5.74, 6) is 0.936. The quantitative estimate of drug-likeness (QED) is 0.537. The van der Waals surface area contributed by atoms with Crippen LogP contribution in [0.25, 0.3) is 0 Å². The lowest BCUT2D eigenvalue weighted by Gasteiger charge is -2.24. The summed E-state index contributed by atoms with van der Waals surface area (Å²) in [6.45, 7) is 2.22. The molecule has 0 bridgehead atoms. The monoisotopic (exact) mass is 142 g/mol. The Morgan fingerprint density at radius 3 is 2.00 bits per heavy atom. The van der Waals surface area contributed by atoms with Crippen LogP contribution in [0.5, 0.6) is 0 Å². The van der Waals surface area contributed by atoms with Crippen molar-refractivity contribution in [3.05, 3.63) is 0 Å². The Labute approximate surface area is 62.4 Å². The first-order valence-electron chi connectivity index (χ1n) is 4.06. The zero-order valence-corrected chi connectivity index (χ0v) is 6.45. The molecule has 0 heterocycles. The van der Waals surface area contributed by atoms with Gasteiger partial charge in [-0.15, -0.1) is 0 Å². The van der Waals surface area contributed by atoms with Crippen molar-refractivity contribution in [3.63, 3.8) is 0 Å². The molecule has 58 valence electrons. The molecule has 1 aliphatic rings. The van der Waals surface area contributed by atoms with E-state index in [-0.39, 0.29) is 5.82 Å². The molecule has 1 saturated carbocycles. The fourth-order valence-corrected chi connectivity index (χ4v) is 1.58. The molecule has 3 heteroatoms. The van der Waals surface area contributed by atoms with Crippen molar-refractivity contribution < 1.29 is 10.0 Å². The minimum Gasteiger partial charge on any atom is -0.427 e. The Morgan fingerprint density at radius 2 is 1.60 bits per heavy atom. The molecule has 0 aromatic heterocycles. The maximum Gasteiger partial charge on any atom is 0.454 e. The van der Waals surface area contributed by atoms with E-state index in [0.717, 1.165) is 31.6 Å². The highest BCUT2D eigenvalue weighted by molar-refractivity contribution is 6.43. The molecule has 0 aromatic carbocycles. The van der Waals surface area contributed by atoms with Crippen LogP contribution in [0.3, 0.4) is 0 Å². The normalized spacial score (nSPS) is 33.9. The Morgan fingerprint density at radius 1 is 1.10 bits per heavy atom. The van der Waals surface area contributed by atoms with Crippen molar-refractivity contribution in [3.8, 4) is 0 Å². The highest BCUT2D eigenvalue weighted by Gasteiger charge is 2.27.